The third-order valence-corrected chi connectivity index (χ3v) is 5.31. The van der Waals surface area contributed by atoms with E-state index in [1.807, 2.05) is 12.1 Å². The van der Waals surface area contributed by atoms with Crippen LogP contribution in [-0.2, 0) is 16.1 Å². The summed E-state index contributed by atoms with van der Waals surface area (Å²) >= 11 is 0. The molecule has 8 heteroatoms. The number of nitrogens with zero attached hydrogens (tertiary/aromatic N) is 1. The second-order valence-corrected chi connectivity index (χ2v) is 8.90. The molecule has 0 saturated heterocycles. The summed E-state index contributed by atoms with van der Waals surface area (Å²) in [5.41, 5.74) is 1.13. The Morgan fingerprint density at radius 2 is 1.54 bits per heavy atom. The molecule has 0 aliphatic rings. The Kier molecular flexibility index (Phi) is 7.43. The highest BCUT2D eigenvalue weighted by Crippen LogP contribution is 2.39. The SMILES string of the molecule is C=C(Cn1cc(C(=O)c2cc(OC)c(OC)c(OC)c2)c2ccc(OC)cc21)C(=O)OC(C)(C)C. The van der Waals surface area contributed by atoms with Gasteiger partial charge < -0.3 is 28.3 Å². The van der Waals surface area contributed by atoms with Gasteiger partial charge in [0.25, 0.3) is 0 Å². The Morgan fingerprint density at radius 1 is 0.914 bits per heavy atom. The smallest absolute Gasteiger partial charge is 0.335 e. The molecule has 0 aliphatic carbocycles. The average Bonchev–Trinajstić information content (AvgIpc) is 3.18. The highest BCUT2D eigenvalue weighted by Gasteiger charge is 2.24. The topological polar surface area (TPSA) is 85.2 Å². The van der Waals surface area contributed by atoms with Crippen molar-refractivity contribution in [3.8, 4) is 23.0 Å². The van der Waals surface area contributed by atoms with E-state index >= 15 is 0 Å². The minimum atomic E-state index is -0.643. The van der Waals surface area contributed by atoms with Crippen molar-refractivity contribution >= 4 is 22.7 Å². The maximum Gasteiger partial charge on any atom is 0.335 e. The van der Waals surface area contributed by atoms with Gasteiger partial charge in [0, 0.05) is 34.3 Å². The highest BCUT2D eigenvalue weighted by molar-refractivity contribution is 6.17. The molecule has 0 bridgehead atoms. The maximum absolute atomic E-state index is 13.7. The van der Waals surface area contributed by atoms with E-state index in [4.69, 9.17) is 23.7 Å². The van der Waals surface area contributed by atoms with Crippen LogP contribution in [0.25, 0.3) is 10.9 Å². The molecular formula is C27H31NO7. The van der Waals surface area contributed by atoms with Gasteiger partial charge in [-0.25, -0.2) is 4.79 Å². The van der Waals surface area contributed by atoms with Gasteiger partial charge in [-0.15, -0.1) is 0 Å². The van der Waals surface area contributed by atoms with Crippen molar-refractivity contribution in [1.29, 1.82) is 0 Å². The summed E-state index contributed by atoms with van der Waals surface area (Å²) in [6.45, 7) is 9.42. The molecule has 35 heavy (non-hydrogen) atoms. The summed E-state index contributed by atoms with van der Waals surface area (Å²) in [6.07, 6.45) is 1.70. The monoisotopic (exact) mass is 481 g/mol. The second-order valence-electron chi connectivity index (χ2n) is 8.90. The molecule has 0 atom stereocenters. The first-order valence-corrected chi connectivity index (χ1v) is 11.0. The first kappa shape index (κ1) is 25.7. The Morgan fingerprint density at radius 3 is 2.06 bits per heavy atom. The van der Waals surface area contributed by atoms with Gasteiger partial charge in [0.1, 0.15) is 11.4 Å². The molecule has 186 valence electrons. The van der Waals surface area contributed by atoms with Crippen molar-refractivity contribution < 1.29 is 33.3 Å². The Balaban J connectivity index is 2.09. The molecule has 0 fully saturated rings. The minimum absolute atomic E-state index is 0.140. The first-order valence-electron chi connectivity index (χ1n) is 11.0. The zero-order valence-corrected chi connectivity index (χ0v) is 21.2. The molecule has 1 aromatic heterocycles. The van der Waals surface area contributed by atoms with E-state index in [1.54, 1.807) is 56.8 Å². The van der Waals surface area contributed by atoms with E-state index in [2.05, 4.69) is 6.58 Å². The first-order chi connectivity index (χ1) is 16.5. The molecule has 0 saturated carbocycles. The lowest BCUT2D eigenvalue weighted by atomic mass is 10.0. The number of hydrogen-bond acceptors (Lipinski definition) is 7. The van der Waals surface area contributed by atoms with Crippen LogP contribution in [0.2, 0.25) is 0 Å². The van der Waals surface area contributed by atoms with Crippen molar-refractivity contribution in [2.24, 2.45) is 0 Å². The van der Waals surface area contributed by atoms with Crippen LogP contribution in [0.5, 0.6) is 23.0 Å². The van der Waals surface area contributed by atoms with Gasteiger partial charge in [-0.05, 0) is 45.0 Å². The number of ketones is 1. The van der Waals surface area contributed by atoms with Crippen LogP contribution < -0.4 is 18.9 Å². The highest BCUT2D eigenvalue weighted by atomic mass is 16.6. The van der Waals surface area contributed by atoms with Crippen molar-refractivity contribution in [3.63, 3.8) is 0 Å². The average molecular weight is 482 g/mol. The summed E-state index contributed by atoms with van der Waals surface area (Å²) in [6, 6.07) is 8.61. The Bertz CT molecular complexity index is 1260. The standard InChI is InChI=1S/C27H31NO7/c1-16(26(30)35-27(2,3)4)14-28-15-20(19-10-9-18(31-5)13-21(19)28)24(29)17-11-22(32-6)25(34-8)23(12-17)33-7/h9-13,15H,1,14H2,2-8H3. The maximum atomic E-state index is 13.7. The molecule has 3 rings (SSSR count). The van der Waals surface area contributed by atoms with E-state index in [-0.39, 0.29) is 17.9 Å². The number of carbonyl (C=O) groups is 2. The number of aromatic nitrogens is 1. The van der Waals surface area contributed by atoms with Crippen LogP contribution in [0.15, 0.2) is 48.7 Å². The van der Waals surface area contributed by atoms with E-state index in [0.717, 1.165) is 0 Å². The zero-order valence-electron chi connectivity index (χ0n) is 21.2. The number of rotatable bonds is 9. The number of hydrogen-bond donors (Lipinski definition) is 0. The summed E-state index contributed by atoms with van der Waals surface area (Å²) < 4.78 is 28.8. The lowest BCUT2D eigenvalue weighted by Crippen LogP contribution is -2.25. The molecule has 0 spiro atoms. The molecule has 3 aromatic rings. The summed E-state index contributed by atoms with van der Waals surface area (Å²) in [5.74, 6) is 1.01. The fraction of sp³-hybridized carbons (Fsp3) is 0.333. The van der Waals surface area contributed by atoms with Crippen LogP contribution in [0.1, 0.15) is 36.7 Å². The molecule has 2 aromatic carbocycles. The molecule has 1 heterocycles. The lowest BCUT2D eigenvalue weighted by molar-refractivity contribution is -0.150. The summed E-state index contributed by atoms with van der Waals surface area (Å²) in [4.78, 5) is 26.2. The van der Waals surface area contributed by atoms with Crippen molar-refractivity contribution in [3.05, 3.63) is 59.8 Å². The largest absolute Gasteiger partial charge is 0.497 e. The normalized spacial score (nSPS) is 11.2. The van der Waals surface area contributed by atoms with E-state index in [9.17, 15) is 9.59 Å². The fourth-order valence-electron chi connectivity index (χ4n) is 3.70. The van der Waals surface area contributed by atoms with Crippen molar-refractivity contribution in [1.82, 2.24) is 4.57 Å². The Labute approximate surface area is 205 Å². The summed E-state index contributed by atoms with van der Waals surface area (Å²) in [7, 11) is 6.05. The third-order valence-electron chi connectivity index (χ3n) is 5.31. The number of methoxy groups -OCH3 is 4. The van der Waals surface area contributed by atoms with Crippen molar-refractivity contribution in [2.75, 3.05) is 28.4 Å². The van der Waals surface area contributed by atoms with E-state index in [1.165, 1.54) is 21.3 Å². The van der Waals surface area contributed by atoms with Crippen LogP contribution in [0.4, 0.5) is 0 Å². The number of esters is 1. The lowest BCUT2D eigenvalue weighted by Gasteiger charge is -2.20. The quantitative estimate of drug-likeness (QED) is 0.246. The molecule has 8 nitrogen and oxygen atoms in total. The van der Waals surface area contributed by atoms with Gasteiger partial charge in [0.05, 0.1) is 40.5 Å². The van der Waals surface area contributed by atoms with E-state index in [0.29, 0.717) is 45.0 Å². The number of fused-ring (bicyclic) bond motifs is 1. The number of carbonyl (C=O) groups excluding carboxylic acids is 2. The molecule has 0 N–H and O–H groups in total. The van der Waals surface area contributed by atoms with Crippen LogP contribution in [-0.4, -0.2) is 50.4 Å². The Hall–Kier alpha value is -3.94. The zero-order chi connectivity index (χ0) is 25.9. The van der Waals surface area contributed by atoms with Crippen LogP contribution >= 0.6 is 0 Å². The van der Waals surface area contributed by atoms with Gasteiger partial charge in [-0.1, -0.05) is 6.58 Å². The molecule has 0 unspecified atom stereocenters. The predicted molar refractivity (Wildman–Crippen MR) is 133 cm³/mol. The third kappa shape index (κ3) is 5.42. The van der Waals surface area contributed by atoms with Gasteiger partial charge in [-0.3, -0.25) is 4.79 Å². The van der Waals surface area contributed by atoms with Gasteiger partial charge in [-0.2, -0.15) is 0 Å². The predicted octanol–water partition coefficient (Wildman–Crippen LogP) is 4.80. The molecule has 0 amide bonds. The van der Waals surface area contributed by atoms with Gasteiger partial charge in [0.2, 0.25) is 5.75 Å². The molecule has 0 aliphatic heterocycles. The fourth-order valence-corrected chi connectivity index (χ4v) is 3.70. The summed E-state index contributed by atoms with van der Waals surface area (Å²) in [5, 5.41) is 0.696. The minimum Gasteiger partial charge on any atom is -0.497 e. The van der Waals surface area contributed by atoms with Gasteiger partial charge >= 0.3 is 5.97 Å². The van der Waals surface area contributed by atoms with E-state index < -0.39 is 11.6 Å². The molecular weight excluding hydrogens is 450 g/mol. The number of benzene rings is 2. The molecule has 0 radical (unpaired) electrons. The second kappa shape index (κ2) is 10.1. The number of ether oxygens (including phenoxy) is 5. The van der Waals surface area contributed by atoms with Crippen molar-refractivity contribution in [2.45, 2.75) is 32.9 Å². The van der Waals surface area contributed by atoms with Crippen LogP contribution in [0, 0.1) is 0 Å². The van der Waals surface area contributed by atoms with Gasteiger partial charge in [0.15, 0.2) is 17.3 Å². The van der Waals surface area contributed by atoms with Crippen LogP contribution in [0.3, 0.4) is 0 Å².